The van der Waals surface area contributed by atoms with Crippen LogP contribution in [-0.2, 0) is 19.2 Å². The molecule has 0 spiro atoms. The van der Waals surface area contributed by atoms with Crippen molar-refractivity contribution in [3.63, 3.8) is 0 Å². The second-order valence-electron chi connectivity index (χ2n) is 9.27. The highest BCUT2D eigenvalue weighted by atomic mass is 35.5. The minimum Gasteiger partial charge on any atom is -0.481 e. The molecule has 0 saturated carbocycles. The third-order valence-electron chi connectivity index (χ3n) is 7.13. The molecular formula is C22H30ClN5O5. The van der Waals surface area contributed by atoms with Gasteiger partial charge in [0, 0.05) is 38.5 Å². The predicted octanol–water partition coefficient (Wildman–Crippen LogP) is 1.35. The molecule has 3 saturated heterocycles. The van der Waals surface area contributed by atoms with Crippen molar-refractivity contribution in [3.05, 3.63) is 17.8 Å². The summed E-state index contributed by atoms with van der Waals surface area (Å²) in [5.41, 5.74) is -0.180. The summed E-state index contributed by atoms with van der Waals surface area (Å²) in [5.74, 6) is -1.06. The number of anilines is 1. The molecule has 0 aromatic carbocycles. The molecule has 1 unspecified atom stereocenters. The van der Waals surface area contributed by atoms with Crippen LogP contribution in [0.15, 0.2) is 12.1 Å². The first-order valence-electron chi connectivity index (χ1n) is 11.2. The molecular weight excluding hydrogens is 450 g/mol. The fourth-order valence-corrected chi connectivity index (χ4v) is 4.71. The van der Waals surface area contributed by atoms with Gasteiger partial charge in [-0.2, -0.15) is 5.10 Å². The van der Waals surface area contributed by atoms with Gasteiger partial charge in [-0.3, -0.25) is 24.5 Å². The smallest absolute Gasteiger partial charge is 0.309 e. The summed E-state index contributed by atoms with van der Waals surface area (Å²) < 4.78 is 0. The number of likely N-dealkylation sites (tertiary alicyclic amines) is 1. The van der Waals surface area contributed by atoms with Gasteiger partial charge in [-0.1, -0.05) is 0 Å². The van der Waals surface area contributed by atoms with Crippen LogP contribution in [-0.4, -0.2) is 70.1 Å². The van der Waals surface area contributed by atoms with Crippen LogP contribution < -0.4 is 10.2 Å². The molecule has 0 bridgehead atoms. The van der Waals surface area contributed by atoms with Crippen LogP contribution in [0, 0.1) is 11.3 Å². The van der Waals surface area contributed by atoms with Gasteiger partial charge < -0.3 is 14.9 Å². The molecule has 3 aliphatic rings. The van der Waals surface area contributed by atoms with E-state index in [-0.39, 0.29) is 36.0 Å². The lowest BCUT2D eigenvalue weighted by molar-refractivity contribution is -0.154. The van der Waals surface area contributed by atoms with Gasteiger partial charge >= 0.3 is 5.97 Å². The Labute approximate surface area is 198 Å². The molecule has 0 radical (unpaired) electrons. The van der Waals surface area contributed by atoms with Gasteiger partial charge in [-0.15, -0.1) is 17.5 Å². The summed E-state index contributed by atoms with van der Waals surface area (Å²) in [6.07, 6.45) is 3.14. The number of hydrogen-bond donors (Lipinski definition) is 2. The number of nitrogens with zero attached hydrogens (tertiary/aromatic N) is 4. The average molecular weight is 480 g/mol. The van der Waals surface area contributed by atoms with E-state index in [9.17, 15) is 24.3 Å². The summed E-state index contributed by atoms with van der Waals surface area (Å²) >= 11 is 0. The lowest BCUT2D eigenvalue weighted by Gasteiger charge is -2.39. The SMILES string of the molecule is CC1(C(=O)O)CCN(C(=O)C2CCN(c3ccc(C4CCC(=O)NC4=O)nn3)CC2)CC1.Cl. The quantitative estimate of drug-likeness (QED) is 0.618. The van der Waals surface area contributed by atoms with Crippen LogP contribution in [0.5, 0.6) is 0 Å². The number of hydrogen-bond acceptors (Lipinski definition) is 7. The normalized spacial score (nSPS) is 23.5. The molecule has 3 fully saturated rings. The molecule has 11 heteroatoms. The van der Waals surface area contributed by atoms with Crippen LogP contribution in [0.2, 0.25) is 0 Å². The number of aliphatic carboxylic acids is 1. The first-order valence-corrected chi connectivity index (χ1v) is 11.2. The monoisotopic (exact) mass is 479 g/mol. The van der Waals surface area contributed by atoms with E-state index in [0.717, 1.165) is 0 Å². The molecule has 10 nitrogen and oxygen atoms in total. The maximum atomic E-state index is 12.9. The van der Waals surface area contributed by atoms with E-state index in [4.69, 9.17) is 0 Å². The van der Waals surface area contributed by atoms with Crippen LogP contribution in [0.3, 0.4) is 0 Å². The number of imide groups is 1. The van der Waals surface area contributed by atoms with E-state index in [1.165, 1.54) is 0 Å². The van der Waals surface area contributed by atoms with Gasteiger partial charge in [0.15, 0.2) is 5.82 Å². The van der Waals surface area contributed by atoms with Gasteiger partial charge in [-0.25, -0.2) is 0 Å². The van der Waals surface area contributed by atoms with Crippen molar-refractivity contribution in [1.82, 2.24) is 20.4 Å². The molecule has 2 N–H and O–H groups in total. The number of rotatable bonds is 4. The zero-order valence-electron chi connectivity index (χ0n) is 18.7. The molecule has 180 valence electrons. The van der Waals surface area contributed by atoms with E-state index in [1.54, 1.807) is 13.0 Å². The van der Waals surface area contributed by atoms with Gasteiger partial charge in [0.1, 0.15) is 0 Å². The highest BCUT2D eigenvalue weighted by Crippen LogP contribution is 2.33. The highest BCUT2D eigenvalue weighted by Gasteiger charge is 2.39. The molecule has 1 atom stereocenters. The van der Waals surface area contributed by atoms with Crippen LogP contribution in [0.1, 0.15) is 57.1 Å². The maximum Gasteiger partial charge on any atom is 0.309 e. The number of nitrogens with one attached hydrogen (secondary N) is 1. The number of carbonyl (C=O) groups is 4. The molecule has 33 heavy (non-hydrogen) atoms. The fraction of sp³-hybridized carbons (Fsp3) is 0.636. The van der Waals surface area contributed by atoms with Crippen molar-refractivity contribution < 1.29 is 24.3 Å². The van der Waals surface area contributed by atoms with E-state index in [0.29, 0.717) is 76.2 Å². The molecule has 3 aliphatic heterocycles. The van der Waals surface area contributed by atoms with E-state index in [2.05, 4.69) is 20.4 Å². The number of aromatic nitrogens is 2. The Balaban J connectivity index is 0.00000306. The van der Waals surface area contributed by atoms with E-state index >= 15 is 0 Å². The Morgan fingerprint density at radius 1 is 1.06 bits per heavy atom. The van der Waals surface area contributed by atoms with Crippen molar-refractivity contribution >= 4 is 41.9 Å². The number of piperidine rings is 3. The maximum absolute atomic E-state index is 12.9. The number of halogens is 1. The summed E-state index contributed by atoms with van der Waals surface area (Å²) in [6.45, 7) is 4.11. The second-order valence-corrected chi connectivity index (χ2v) is 9.27. The van der Waals surface area contributed by atoms with Crippen molar-refractivity contribution in [3.8, 4) is 0 Å². The van der Waals surface area contributed by atoms with Crippen LogP contribution in [0.25, 0.3) is 0 Å². The number of carbonyl (C=O) groups excluding carboxylic acids is 3. The summed E-state index contributed by atoms with van der Waals surface area (Å²) in [5, 5.41) is 20.2. The fourth-order valence-electron chi connectivity index (χ4n) is 4.71. The van der Waals surface area contributed by atoms with Gasteiger partial charge in [-0.05, 0) is 51.2 Å². The number of amides is 3. The summed E-state index contributed by atoms with van der Waals surface area (Å²) in [6, 6.07) is 3.62. The first kappa shape index (κ1) is 24.9. The number of carboxylic acids is 1. The van der Waals surface area contributed by atoms with Gasteiger partial charge in [0.05, 0.1) is 17.0 Å². The highest BCUT2D eigenvalue weighted by molar-refractivity contribution is 6.00. The Kier molecular flexibility index (Phi) is 7.56. The molecule has 3 amide bonds. The van der Waals surface area contributed by atoms with Gasteiger partial charge in [0.25, 0.3) is 0 Å². The Morgan fingerprint density at radius 3 is 2.27 bits per heavy atom. The Morgan fingerprint density at radius 2 is 1.73 bits per heavy atom. The van der Waals surface area contributed by atoms with E-state index in [1.807, 2.05) is 11.0 Å². The van der Waals surface area contributed by atoms with E-state index < -0.39 is 17.3 Å². The zero-order chi connectivity index (χ0) is 22.9. The summed E-state index contributed by atoms with van der Waals surface area (Å²) in [4.78, 5) is 51.6. The van der Waals surface area contributed by atoms with Crippen molar-refractivity contribution in [2.45, 2.75) is 51.4 Å². The lowest BCUT2D eigenvalue weighted by atomic mass is 9.80. The lowest BCUT2D eigenvalue weighted by Crippen LogP contribution is -2.49. The zero-order valence-corrected chi connectivity index (χ0v) is 19.5. The van der Waals surface area contributed by atoms with Crippen molar-refractivity contribution in [2.24, 2.45) is 11.3 Å². The largest absolute Gasteiger partial charge is 0.481 e. The average Bonchev–Trinajstić information content (AvgIpc) is 2.79. The van der Waals surface area contributed by atoms with Crippen molar-refractivity contribution in [1.29, 1.82) is 0 Å². The molecule has 1 aromatic heterocycles. The first-order chi connectivity index (χ1) is 15.3. The molecule has 4 heterocycles. The van der Waals surface area contributed by atoms with Crippen LogP contribution >= 0.6 is 12.4 Å². The molecule has 4 rings (SSSR count). The third kappa shape index (κ3) is 5.26. The molecule has 1 aromatic rings. The second kappa shape index (κ2) is 10.0. The predicted molar refractivity (Wildman–Crippen MR) is 121 cm³/mol. The van der Waals surface area contributed by atoms with Crippen LogP contribution in [0.4, 0.5) is 5.82 Å². The third-order valence-corrected chi connectivity index (χ3v) is 7.13. The Bertz CT molecular complexity index is 908. The van der Waals surface area contributed by atoms with Gasteiger partial charge in [0.2, 0.25) is 17.7 Å². The number of carboxylic acid groups (broad SMARTS) is 1. The van der Waals surface area contributed by atoms with Crippen molar-refractivity contribution in [2.75, 3.05) is 31.1 Å². The summed E-state index contributed by atoms with van der Waals surface area (Å²) in [7, 11) is 0. The Hall–Kier alpha value is -2.75. The minimum absolute atomic E-state index is 0. The standard InChI is InChI=1S/C22H29N5O5.ClH/c1-22(21(31)32)8-12-27(13-9-22)20(30)14-6-10-26(11-7-14)17-4-3-16(24-25-17)15-2-5-18(28)23-19(15)29;/h3-4,14-15H,2,5-13H2,1H3,(H,31,32)(H,23,28,29);1H. The molecule has 0 aliphatic carbocycles. The minimum atomic E-state index is -0.789. The topological polar surface area (TPSA) is 133 Å².